The Morgan fingerprint density at radius 3 is 2.20 bits per heavy atom. The van der Waals surface area contributed by atoms with Gasteiger partial charge < -0.3 is 0 Å². The van der Waals surface area contributed by atoms with Crippen molar-refractivity contribution in [2.75, 3.05) is 7.05 Å². The molecule has 3 heteroatoms. The highest BCUT2D eigenvalue weighted by molar-refractivity contribution is 6.20. The molecule has 1 saturated carbocycles. The van der Waals surface area contributed by atoms with Crippen molar-refractivity contribution >= 4 is 11.6 Å². The third-order valence-corrected chi connectivity index (χ3v) is 2.64. The zero-order valence-corrected chi connectivity index (χ0v) is 7.14. The Bertz CT molecular complexity index is 97.8. The van der Waals surface area contributed by atoms with E-state index in [1.54, 1.807) is 0 Å². The summed E-state index contributed by atoms with van der Waals surface area (Å²) in [6.07, 6.45) is 4.55. The van der Waals surface area contributed by atoms with Gasteiger partial charge in [-0.25, -0.2) is 5.01 Å². The monoisotopic (exact) mass is 162 g/mol. The summed E-state index contributed by atoms with van der Waals surface area (Å²) in [5.74, 6) is 5.60. The molecule has 1 rings (SSSR count). The molecular weight excluding hydrogens is 148 g/mol. The second kappa shape index (κ2) is 3.56. The maximum Gasteiger partial charge on any atom is 0.0337 e. The van der Waals surface area contributed by atoms with Crippen LogP contribution in [0.1, 0.15) is 25.7 Å². The van der Waals surface area contributed by atoms with E-state index in [0.717, 1.165) is 25.7 Å². The van der Waals surface area contributed by atoms with E-state index in [1.807, 2.05) is 12.1 Å². The summed E-state index contributed by atoms with van der Waals surface area (Å²) in [5.41, 5.74) is 0. The molecule has 0 aromatic carbocycles. The van der Waals surface area contributed by atoms with E-state index in [9.17, 15) is 0 Å². The third-order valence-electron chi connectivity index (χ3n) is 2.20. The van der Waals surface area contributed by atoms with Gasteiger partial charge in [0.25, 0.3) is 0 Å². The van der Waals surface area contributed by atoms with Crippen LogP contribution in [0.25, 0.3) is 0 Å². The minimum Gasteiger partial charge on any atom is -0.269 e. The van der Waals surface area contributed by atoms with Crippen LogP contribution in [0.15, 0.2) is 0 Å². The van der Waals surface area contributed by atoms with E-state index in [1.165, 1.54) is 0 Å². The number of halogens is 1. The van der Waals surface area contributed by atoms with E-state index in [2.05, 4.69) is 0 Å². The second-order valence-electron chi connectivity index (χ2n) is 3.07. The van der Waals surface area contributed by atoms with Crippen LogP contribution in [0.4, 0.5) is 0 Å². The number of hydrogen-bond donors (Lipinski definition) is 1. The number of alkyl halides is 1. The highest BCUT2D eigenvalue weighted by Gasteiger charge is 2.20. The van der Waals surface area contributed by atoms with Gasteiger partial charge in [0.15, 0.2) is 0 Å². The molecule has 10 heavy (non-hydrogen) atoms. The maximum atomic E-state index is 5.93. The fraction of sp³-hybridized carbons (Fsp3) is 1.00. The number of nitrogens with zero attached hydrogens (tertiary/aromatic N) is 1. The zero-order valence-electron chi connectivity index (χ0n) is 6.39. The van der Waals surface area contributed by atoms with Gasteiger partial charge in [0.1, 0.15) is 0 Å². The van der Waals surface area contributed by atoms with Crippen LogP contribution < -0.4 is 5.84 Å². The van der Waals surface area contributed by atoms with Crippen LogP contribution in [-0.2, 0) is 0 Å². The lowest BCUT2D eigenvalue weighted by Gasteiger charge is -2.29. The van der Waals surface area contributed by atoms with Gasteiger partial charge in [0.2, 0.25) is 0 Å². The molecular formula is C7H15ClN2. The predicted molar refractivity (Wildman–Crippen MR) is 43.8 cm³/mol. The van der Waals surface area contributed by atoms with E-state index in [4.69, 9.17) is 17.4 Å². The van der Waals surface area contributed by atoms with Crippen LogP contribution >= 0.6 is 11.6 Å². The molecule has 2 N–H and O–H groups in total. The van der Waals surface area contributed by atoms with Crippen LogP contribution in [-0.4, -0.2) is 23.5 Å². The van der Waals surface area contributed by atoms with Gasteiger partial charge >= 0.3 is 0 Å². The van der Waals surface area contributed by atoms with E-state index in [0.29, 0.717) is 11.4 Å². The molecule has 0 saturated heterocycles. The highest BCUT2D eigenvalue weighted by atomic mass is 35.5. The average Bonchev–Trinajstić information content (AvgIpc) is 1.88. The van der Waals surface area contributed by atoms with E-state index >= 15 is 0 Å². The Morgan fingerprint density at radius 1 is 1.30 bits per heavy atom. The Morgan fingerprint density at radius 2 is 1.80 bits per heavy atom. The molecule has 0 aromatic heterocycles. The van der Waals surface area contributed by atoms with Crippen molar-refractivity contribution in [3.63, 3.8) is 0 Å². The van der Waals surface area contributed by atoms with Gasteiger partial charge in [0.05, 0.1) is 0 Å². The van der Waals surface area contributed by atoms with Crippen molar-refractivity contribution in [3.8, 4) is 0 Å². The second-order valence-corrected chi connectivity index (χ2v) is 3.69. The summed E-state index contributed by atoms with van der Waals surface area (Å²) in [7, 11) is 1.93. The van der Waals surface area contributed by atoms with Crippen LogP contribution in [0.5, 0.6) is 0 Å². The molecule has 60 valence electrons. The van der Waals surface area contributed by atoms with Crippen LogP contribution in [0, 0.1) is 0 Å². The maximum absolute atomic E-state index is 5.93. The summed E-state index contributed by atoms with van der Waals surface area (Å²) in [4.78, 5) is 0. The average molecular weight is 163 g/mol. The summed E-state index contributed by atoms with van der Waals surface area (Å²) < 4.78 is 0. The molecule has 0 bridgehead atoms. The topological polar surface area (TPSA) is 29.3 Å². The van der Waals surface area contributed by atoms with Crippen molar-refractivity contribution in [2.24, 2.45) is 5.84 Å². The summed E-state index contributed by atoms with van der Waals surface area (Å²) in [6.45, 7) is 0. The Hall–Kier alpha value is 0.210. The zero-order chi connectivity index (χ0) is 7.56. The molecule has 0 heterocycles. The molecule has 0 unspecified atom stereocenters. The normalized spacial score (nSPS) is 34.8. The molecule has 0 radical (unpaired) electrons. The lowest BCUT2D eigenvalue weighted by Crippen LogP contribution is -2.40. The van der Waals surface area contributed by atoms with Crippen molar-refractivity contribution in [1.82, 2.24) is 5.01 Å². The Labute approximate surface area is 67.3 Å². The lowest BCUT2D eigenvalue weighted by molar-refractivity contribution is 0.197. The summed E-state index contributed by atoms with van der Waals surface area (Å²) in [5, 5.41) is 2.21. The third kappa shape index (κ3) is 2.11. The first kappa shape index (κ1) is 8.31. The predicted octanol–water partition coefficient (Wildman–Crippen LogP) is 1.34. The van der Waals surface area contributed by atoms with Crippen molar-refractivity contribution in [3.05, 3.63) is 0 Å². The minimum absolute atomic E-state index is 0.399. The van der Waals surface area contributed by atoms with Gasteiger partial charge in [-0.1, -0.05) is 0 Å². The molecule has 0 aromatic rings. The fourth-order valence-electron chi connectivity index (χ4n) is 1.44. The molecule has 1 aliphatic carbocycles. The molecule has 2 nitrogen and oxygen atoms in total. The molecule has 1 aliphatic rings. The van der Waals surface area contributed by atoms with Crippen LogP contribution in [0.3, 0.4) is 0 Å². The Balaban J connectivity index is 2.26. The number of hydrazine groups is 1. The van der Waals surface area contributed by atoms with Crippen molar-refractivity contribution < 1.29 is 0 Å². The number of rotatable bonds is 1. The smallest absolute Gasteiger partial charge is 0.0337 e. The van der Waals surface area contributed by atoms with Gasteiger partial charge in [0, 0.05) is 18.5 Å². The first-order chi connectivity index (χ1) is 4.70. The van der Waals surface area contributed by atoms with Gasteiger partial charge in [-0.15, -0.1) is 11.6 Å². The molecule has 0 aliphatic heterocycles. The quantitative estimate of drug-likeness (QED) is 0.358. The van der Waals surface area contributed by atoms with E-state index < -0.39 is 0 Å². The number of nitrogens with two attached hydrogens (primary N) is 1. The largest absolute Gasteiger partial charge is 0.269 e. The first-order valence-electron chi connectivity index (χ1n) is 3.81. The van der Waals surface area contributed by atoms with Crippen molar-refractivity contribution in [1.29, 1.82) is 0 Å². The Kier molecular flexibility index (Phi) is 2.96. The SMILES string of the molecule is CN(N)C1CCC(Cl)CC1. The van der Waals surface area contributed by atoms with Gasteiger partial charge in [-0.2, -0.15) is 0 Å². The van der Waals surface area contributed by atoms with Crippen LogP contribution in [0.2, 0.25) is 0 Å². The minimum atomic E-state index is 0.399. The van der Waals surface area contributed by atoms with Crippen molar-refractivity contribution in [2.45, 2.75) is 37.1 Å². The standard InChI is InChI=1S/C7H15ClN2/c1-10(9)7-4-2-6(8)3-5-7/h6-7H,2-5,9H2,1H3. The molecule has 0 spiro atoms. The number of hydrogen-bond acceptors (Lipinski definition) is 2. The molecule has 0 atom stereocenters. The lowest BCUT2D eigenvalue weighted by atomic mass is 9.95. The van der Waals surface area contributed by atoms with Gasteiger partial charge in [-0.05, 0) is 25.7 Å². The fourth-order valence-corrected chi connectivity index (χ4v) is 1.69. The summed E-state index contributed by atoms with van der Waals surface area (Å²) in [6, 6.07) is 0.565. The van der Waals surface area contributed by atoms with E-state index in [-0.39, 0.29) is 0 Å². The highest BCUT2D eigenvalue weighted by Crippen LogP contribution is 2.24. The molecule has 0 amide bonds. The molecule has 1 fully saturated rings. The van der Waals surface area contributed by atoms with Gasteiger partial charge in [-0.3, -0.25) is 5.84 Å². The first-order valence-corrected chi connectivity index (χ1v) is 4.25. The summed E-state index contributed by atoms with van der Waals surface area (Å²) >= 11 is 5.93.